The molecule has 0 aliphatic carbocycles. The van der Waals surface area contributed by atoms with Crippen molar-refractivity contribution in [2.24, 2.45) is 5.73 Å². The van der Waals surface area contributed by atoms with Gasteiger partial charge in [-0.05, 0) is 29.8 Å². The largest absolute Gasteiger partial charge is 0.369 e. The van der Waals surface area contributed by atoms with Gasteiger partial charge in [-0.25, -0.2) is 4.98 Å². The molecule has 23 heavy (non-hydrogen) atoms. The first-order valence-electron chi connectivity index (χ1n) is 7.77. The van der Waals surface area contributed by atoms with Gasteiger partial charge in [0.15, 0.2) is 0 Å². The quantitative estimate of drug-likeness (QED) is 0.773. The number of primary amides is 1. The van der Waals surface area contributed by atoms with Gasteiger partial charge in [0.1, 0.15) is 5.82 Å². The van der Waals surface area contributed by atoms with Crippen molar-refractivity contribution in [2.75, 3.05) is 36.4 Å². The van der Waals surface area contributed by atoms with Crippen molar-refractivity contribution >= 4 is 17.4 Å². The summed E-state index contributed by atoms with van der Waals surface area (Å²) >= 11 is 0. The molecular weight excluding hydrogens is 290 g/mol. The summed E-state index contributed by atoms with van der Waals surface area (Å²) in [7, 11) is 0. The lowest BCUT2D eigenvalue weighted by Crippen LogP contribution is -2.43. The summed E-state index contributed by atoms with van der Waals surface area (Å²) in [5.74, 6) is 0.260. The maximum atomic E-state index is 11.0. The molecule has 1 fully saturated rings. The topological polar surface area (TPSA) is 83.3 Å². The summed E-state index contributed by atoms with van der Waals surface area (Å²) in [5, 5.41) is 6.63. The Bertz CT molecular complexity index is 665. The van der Waals surface area contributed by atoms with E-state index in [1.54, 1.807) is 12.1 Å². The molecule has 6 nitrogen and oxygen atoms in total. The molecule has 1 aromatic heterocycles. The maximum Gasteiger partial charge on any atom is 0.250 e. The average Bonchev–Trinajstić information content (AvgIpc) is 2.61. The van der Waals surface area contributed by atoms with Gasteiger partial charge in [0, 0.05) is 44.6 Å². The van der Waals surface area contributed by atoms with Gasteiger partial charge in [-0.1, -0.05) is 12.1 Å². The highest BCUT2D eigenvalue weighted by molar-refractivity contribution is 5.92. The van der Waals surface area contributed by atoms with Gasteiger partial charge >= 0.3 is 0 Å². The summed E-state index contributed by atoms with van der Waals surface area (Å²) in [4.78, 5) is 17.6. The first-order chi connectivity index (χ1) is 11.2. The standard InChI is InChI=1S/C17H21N5O/c18-17(23)14-4-5-16(21-12-14)20-11-13-2-1-3-15(10-13)22-8-6-19-7-9-22/h1-5,10,12,19H,6-9,11H2,(H2,18,23)(H,20,21). The van der Waals surface area contributed by atoms with Crippen molar-refractivity contribution in [2.45, 2.75) is 6.54 Å². The third-order valence-corrected chi connectivity index (χ3v) is 3.91. The second-order valence-electron chi connectivity index (χ2n) is 5.56. The molecule has 2 aromatic rings. The molecule has 0 atom stereocenters. The summed E-state index contributed by atoms with van der Waals surface area (Å²) in [6.07, 6.45) is 1.49. The highest BCUT2D eigenvalue weighted by Crippen LogP contribution is 2.17. The number of anilines is 2. The second-order valence-corrected chi connectivity index (χ2v) is 5.56. The number of piperazine rings is 1. The number of benzene rings is 1. The van der Waals surface area contributed by atoms with Gasteiger partial charge in [-0.3, -0.25) is 4.79 Å². The summed E-state index contributed by atoms with van der Waals surface area (Å²) in [5.41, 5.74) is 8.07. The first-order valence-corrected chi connectivity index (χ1v) is 7.77. The van der Waals surface area contributed by atoms with Crippen LogP contribution in [0.1, 0.15) is 15.9 Å². The Hall–Kier alpha value is -2.60. The third-order valence-electron chi connectivity index (χ3n) is 3.91. The minimum atomic E-state index is -0.465. The number of aromatic nitrogens is 1. The highest BCUT2D eigenvalue weighted by atomic mass is 16.1. The van der Waals surface area contributed by atoms with Gasteiger partial charge in [0.2, 0.25) is 5.91 Å². The molecular formula is C17H21N5O. The van der Waals surface area contributed by atoms with Gasteiger partial charge in [-0.15, -0.1) is 0 Å². The van der Waals surface area contributed by atoms with Crippen molar-refractivity contribution in [1.82, 2.24) is 10.3 Å². The molecule has 0 saturated carbocycles. The molecule has 1 aromatic carbocycles. The van der Waals surface area contributed by atoms with E-state index >= 15 is 0 Å². The van der Waals surface area contributed by atoms with Crippen molar-refractivity contribution in [3.05, 3.63) is 53.7 Å². The van der Waals surface area contributed by atoms with Crippen LogP contribution in [0.3, 0.4) is 0 Å². The van der Waals surface area contributed by atoms with E-state index in [1.807, 2.05) is 0 Å². The van der Waals surface area contributed by atoms with Gasteiger partial charge < -0.3 is 21.3 Å². The minimum absolute atomic E-state index is 0.413. The highest BCUT2D eigenvalue weighted by Gasteiger charge is 2.10. The van der Waals surface area contributed by atoms with Crippen LogP contribution in [0.4, 0.5) is 11.5 Å². The fraction of sp³-hybridized carbons (Fsp3) is 0.294. The smallest absolute Gasteiger partial charge is 0.250 e. The summed E-state index contributed by atoms with van der Waals surface area (Å²) in [6, 6.07) is 12.0. The number of nitrogens with zero attached hydrogens (tertiary/aromatic N) is 2. The molecule has 0 unspecified atom stereocenters. The van der Waals surface area contributed by atoms with E-state index in [9.17, 15) is 4.79 Å². The van der Waals surface area contributed by atoms with Crippen LogP contribution in [-0.2, 0) is 6.54 Å². The molecule has 120 valence electrons. The predicted molar refractivity (Wildman–Crippen MR) is 91.6 cm³/mol. The molecule has 2 heterocycles. The maximum absolute atomic E-state index is 11.0. The van der Waals surface area contributed by atoms with Crippen molar-refractivity contribution in [1.29, 1.82) is 0 Å². The number of hydrogen-bond acceptors (Lipinski definition) is 5. The zero-order valence-corrected chi connectivity index (χ0v) is 13.0. The zero-order valence-electron chi connectivity index (χ0n) is 13.0. The fourth-order valence-electron chi connectivity index (χ4n) is 2.62. The van der Waals surface area contributed by atoms with Crippen LogP contribution >= 0.6 is 0 Å². The summed E-state index contributed by atoms with van der Waals surface area (Å²) in [6.45, 7) is 4.81. The predicted octanol–water partition coefficient (Wildman–Crippen LogP) is 1.20. The van der Waals surface area contributed by atoms with Crippen LogP contribution in [0, 0.1) is 0 Å². The molecule has 4 N–H and O–H groups in total. The fourth-order valence-corrected chi connectivity index (χ4v) is 2.62. The molecule has 0 spiro atoms. The lowest BCUT2D eigenvalue weighted by atomic mass is 10.1. The molecule has 1 aliphatic rings. The normalized spacial score (nSPS) is 14.5. The van der Waals surface area contributed by atoms with Crippen molar-refractivity contribution in [3.8, 4) is 0 Å². The monoisotopic (exact) mass is 311 g/mol. The molecule has 1 amide bonds. The zero-order chi connectivity index (χ0) is 16.1. The molecule has 0 bridgehead atoms. The van der Waals surface area contributed by atoms with E-state index in [4.69, 9.17) is 5.73 Å². The van der Waals surface area contributed by atoms with E-state index in [1.165, 1.54) is 17.4 Å². The number of hydrogen-bond donors (Lipinski definition) is 3. The lowest BCUT2D eigenvalue weighted by molar-refractivity contribution is 0.1000. The van der Waals surface area contributed by atoms with Crippen LogP contribution < -0.4 is 21.3 Å². The number of carbonyl (C=O) groups excluding carboxylic acids is 1. The van der Waals surface area contributed by atoms with E-state index in [0.717, 1.165) is 32.0 Å². The SMILES string of the molecule is NC(=O)c1ccc(NCc2cccc(N3CCNCC3)c2)nc1. The molecule has 1 saturated heterocycles. The number of amides is 1. The Balaban J connectivity index is 1.62. The Morgan fingerprint density at radius 1 is 1.26 bits per heavy atom. The lowest BCUT2D eigenvalue weighted by Gasteiger charge is -2.29. The van der Waals surface area contributed by atoms with Crippen LogP contribution in [0.5, 0.6) is 0 Å². The van der Waals surface area contributed by atoms with E-state index in [-0.39, 0.29) is 0 Å². The Kier molecular flexibility index (Phi) is 4.73. The van der Waals surface area contributed by atoms with E-state index < -0.39 is 5.91 Å². The van der Waals surface area contributed by atoms with Crippen LogP contribution in [0.15, 0.2) is 42.6 Å². The molecule has 1 aliphatic heterocycles. The van der Waals surface area contributed by atoms with Crippen LogP contribution in [-0.4, -0.2) is 37.1 Å². The van der Waals surface area contributed by atoms with Crippen LogP contribution in [0.25, 0.3) is 0 Å². The number of pyridine rings is 1. The number of nitrogens with two attached hydrogens (primary N) is 1. The van der Waals surface area contributed by atoms with Crippen LogP contribution in [0.2, 0.25) is 0 Å². The third kappa shape index (κ3) is 3.98. The van der Waals surface area contributed by atoms with Crippen molar-refractivity contribution in [3.63, 3.8) is 0 Å². The first kappa shape index (κ1) is 15.3. The Morgan fingerprint density at radius 2 is 2.09 bits per heavy atom. The number of nitrogens with one attached hydrogen (secondary N) is 2. The molecule has 3 rings (SSSR count). The van der Waals surface area contributed by atoms with E-state index in [0.29, 0.717) is 12.1 Å². The Morgan fingerprint density at radius 3 is 2.78 bits per heavy atom. The molecule has 6 heteroatoms. The Labute approximate surface area is 135 Å². The minimum Gasteiger partial charge on any atom is -0.369 e. The number of carbonyl (C=O) groups is 1. The number of rotatable bonds is 5. The van der Waals surface area contributed by atoms with Gasteiger partial charge in [0.25, 0.3) is 0 Å². The molecule has 0 radical (unpaired) electrons. The summed E-state index contributed by atoms with van der Waals surface area (Å²) < 4.78 is 0. The van der Waals surface area contributed by atoms with Gasteiger partial charge in [0.05, 0.1) is 5.56 Å². The van der Waals surface area contributed by atoms with Gasteiger partial charge in [-0.2, -0.15) is 0 Å². The average molecular weight is 311 g/mol. The van der Waals surface area contributed by atoms with E-state index in [2.05, 4.69) is 44.8 Å². The van der Waals surface area contributed by atoms with Crippen molar-refractivity contribution < 1.29 is 4.79 Å². The second kappa shape index (κ2) is 7.11.